The topological polar surface area (TPSA) is 80.1 Å². The molecule has 0 unspecified atom stereocenters. The number of pyridine rings is 1. The second kappa shape index (κ2) is 9.74. The molecule has 34 heavy (non-hydrogen) atoms. The third-order valence-corrected chi connectivity index (χ3v) is 6.94. The van der Waals surface area contributed by atoms with Crippen LogP contribution in [0.2, 0.25) is 5.02 Å². The summed E-state index contributed by atoms with van der Waals surface area (Å²) in [5.41, 5.74) is 2.53. The number of Topliss-reactive ketones (excluding diaryl/α,β-unsaturated/α-hetero) is 1. The summed E-state index contributed by atoms with van der Waals surface area (Å²) in [6.07, 6.45) is 5.83. The molecule has 180 valence electrons. The van der Waals surface area contributed by atoms with E-state index in [2.05, 4.69) is 29.0 Å². The Morgan fingerprint density at radius 3 is 2.76 bits per heavy atom. The van der Waals surface area contributed by atoms with Gasteiger partial charge in [0, 0.05) is 43.2 Å². The Bertz CT molecular complexity index is 1280. The molecule has 1 fully saturated rings. The van der Waals surface area contributed by atoms with Gasteiger partial charge in [0.15, 0.2) is 5.82 Å². The molecule has 0 spiro atoms. The van der Waals surface area contributed by atoms with Crippen LogP contribution in [0.1, 0.15) is 52.0 Å². The van der Waals surface area contributed by atoms with Gasteiger partial charge in [0.1, 0.15) is 10.8 Å². The van der Waals surface area contributed by atoms with E-state index in [4.69, 9.17) is 16.6 Å². The minimum Gasteiger partial charge on any atom is -0.341 e. The molecule has 0 aliphatic carbocycles. The van der Waals surface area contributed by atoms with E-state index in [0.717, 1.165) is 42.5 Å². The number of ketones is 1. The van der Waals surface area contributed by atoms with Gasteiger partial charge >= 0.3 is 0 Å². The molecule has 0 saturated carbocycles. The van der Waals surface area contributed by atoms with E-state index < -0.39 is 0 Å². The molecule has 1 saturated heterocycles. The second-order valence-electron chi connectivity index (χ2n) is 10.0. The molecule has 8 heteroatoms. The quantitative estimate of drug-likeness (QED) is 0.517. The molecule has 7 nitrogen and oxygen atoms in total. The van der Waals surface area contributed by atoms with Gasteiger partial charge in [-0.05, 0) is 62.3 Å². The first kappa shape index (κ1) is 24.2. The zero-order valence-corrected chi connectivity index (χ0v) is 21.1. The van der Waals surface area contributed by atoms with Crippen molar-refractivity contribution >= 4 is 45.7 Å². The molecule has 0 amide bonds. The fraction of sp³-hybridized carbons (Fsp3) is 0.462. The van der Waals surface area contributed by atoms with E-state index in [1.165, 1.54) is 6.42 Å². The molecule has 1 aromatic carbocycles. The maximum Gasteiger partial charge on any atom is 0.253 e. The number of rotatable bonds is 6. The Morgan fingerprint density at radius 1 is 1.21 bits per heavy atom. The maximum absolute atomic E-state index is 12.7. The number of fused-ring (bicyclic) bond motifs is 1. The van der Waals surface area contributed by atoms with Crippen LogP contribution in [0.3, 0.4) is 0 Å². The molecule has 1 aliphatic heterocycles. The van der Waals surface area contributed by atoms with Crippen LogP contribution in [0.4, 0.5) is 17.5 Å². The molecule has 1 aliphatic rings. The molecule has 0 radical (unpaired) electrons. The Balaban J connectivity index is 1.61. The van der Waals surface area contributed by atoms with Crippen LogP contribution in [-0.4, -0.2) is 33.4 Å². The van der Waals surface area contributed by atoms with Crippen molar-refractivity contribution in [3.05, 3.63) is 51.4 Å². The van der Waals surface area contributed by atoms with E-state index in [0.29, 0.717) is 40.6 Å². The highest BCUT2D eigenvalue weighted by Gasteiger charge is 2.24. The molecule has 1 N–H and O–H groups in total. The predicted octanol–water partition coefficient (Wildman–Crippen LogP) is 5.26. The first-order valence-electron chi connectivity index (χ1n) is 11.8. The number of hydrogen-bond donors (Lipinski definition) is 1. The first-order chi connectivity index (χ1) is 16.1. The van der Waals surface area contributed by atoms with Crippen LogP contribution in [0.15, 0.2) is 35.3 Å². The summed E-state index contributed by atoms with van der Waals surface area (Å²) in [6, 6.07) is 7.65. The Kier molecular flexibility index (Phi) is 6.94. The van der Waals surface area contributed by atoms with Gasteiger partial charge in [-0.1, -0.05) is 25.4 Å². The number of hydrogen-bond acceptors (Lipinski definition) is 6. The van der Waals surface area contributed by atoms with Crippen molar-refractivity contribution in [3.63, 3.8) is 0 Å². The number of halogens is 1. The summed E-state index contributed by atoms with van der Waals surface area (Å²) < 4.78 is 1.63. The molecule has 0 atom stereocenters. The van der Waals surface area contributed by atoms with Gasteiger partial charge in [-0.2, -0.15) is 4.98 Å². The van der Waals surface area contributed by atoms with Crippen LogP contribution in [0.25, 0.3) is 10.9 Å². The number of aromatic nitrogens is 3. The monoisotopic (exact) mass is 481 g/mol. The minimum absolute atomic E-state index is 0.0692. The van der Waals surface area contributed by atoms with Gasteiger partial charge in [0.05, 0.1) is 11.7 Å². The number of nitrogens with one attached hydrogen (secondary N) is 1. The van der Waals surface area contributed by atoms with Gasteiger partial charge in [-0.25, -0.2) is 4.98 Å². The molecular weight excluding hydrogens is 450 g/mol. The van der Waals surface area contributed by atoms with Gasteiger partial charge in [0.25, 0.3) is 5.56 Å². The highest BCUT2D eigenvalue weighted by molar-refractivity contribution is 6.32. The lowest BCUT2D eigenvalue weighted by Gasteiger charge is -2.23. The fourth-order valence-corrected chi connectivity index (χ4v) is 4.61. The van der Waals surface area contributed by atoms with Crippen molar-refractivity contribution in [2.24, 2.45) is 12.5 Å². The van der Waals surface area contributed by atoms with E-state index in [1.54, 1.807) is 24.7 Å². The normalized spacial score (nSPS) is 15.9. The zero-order chi connectivity index (χ0) is 24.5. The third kappa shape index (κ3) is 5.41. The highest BCUT2D eigenvalue weighted by atomic mass is 35.5. The molecule has 3 heterocycles. The Hall–Kier alpha value is -2.93. The van der Waals surface area contributed by atoms with E-state index in [-0.39, 0.29) is 11.3 Å². The van der Waals surface area contributed by atoms with Crippen LogP contribution in [0, 0.1) is 5.41 Å². The summed E-state index contributed by atoms with van der Waals surface area (Å²) in [5.74, 6) is 1.30. The predicted molar refractivity (Wildman–Crippen MR) is 138 cm³/mol. The summed E-state index contributed by atoms with van der Waals surface area (Å²) >= 11 is 6.44. The van der Waals surface area contributed by atoms with E-state index in [9.17, 15) is 9.59 Å². The fourth-order valence-electron chi connectivity index (χ4n) is 4.47. The standard InChI is InChI=1S/C26H32ClN5O2/c1-17(33)6-7-18-14-19-15-20(8-9-22(19)31(4)24(18)34)29-23-21(27)16-28-25(30-23)32-12-5-10-26(2,3)11-13-32/h8-9,14-16H,5-7,10-13H2,1-4H3,(H,28,29,30). The summed E-state index contributed by atoms with van der Waals surface area (Å²) in [4.78, 5) is 35.5. The molecule has 2 aromatic heterocycles. The summed E-state index contributed by atoms with van der Waals surface area (Å²) in [6.45, 7) is 8.01. The highest BCUT2D eigenvalue weighted by Crippen LogP contribution is 2.32. The number of carbonyl (C=O) groups is 1. The zero-order valence-electron chi connectivity index (χ0n) is 20.3. The van der Waals surface area contributed by atoms with Crippen molar-refractivity contribution in [2.75, 3.05) is 23.3 Å². The number of carbonyl (C=O) groups excluding carboxylic acids is 1. The van der Waals surface area contributed by atoms with E-state index >= 15 is 0 Å². The van der Waals surface area contributed by atoms with Crippen LogP contribution in [0.5, 0.6) is 0 Å². The van der Waals surface area contributed by atoms with Gasteiger partial charge < -0.3 is 19.6 Å². The van der Waals surface area contributed by atoms with Crippen molar-refractivity contribution < 1.29 is 4.79 Å². The van der Waals surface area contributed by atoms with Crippen LogP contribution in [-0.2, 0) is 18.3 Å². The average molecular weight is 482 g/mol. The minimum atomic E-state index is -0.0708. The van der Waals surface area contributed by atoms with Gasteiger partial charge in [-0.3, -0.25) is 4.79 Å². The van der Waals surface area contributed by atoms with Crippen LogP contribution < -0.4 is 15.8 Å². The lowest BCUT2D eigenvalue weighted by molar-refractivity contribution is -0.116. The SMILES string of the molecule is CC(=O)CCc1cc2cc(Nc3nc(N4CCCC(C)(C)CC4)ncc3Cl)ccc2n(C)c1=O. The van der Waals surface area contributed by atoms with Crippen LogP contribution >= 0.6 is 11.6 Å². The molecule has 4 rings (SSSR count). The van der Waals surface area contributed by atoms with Crippen molar-refractivity contribution in [2.45, 2.75) is 52.9 Å². The van der Waals surface area contributed by atoms with Crippen molar-refractivity contribution in [3.8, 4) is 0 Å². The lowest BCUT2D eigenvalue weighted by Crippen LogP contribution is -2.27. The second-order valence-corrected chi connectivity index (χ2v) is 10.4. The third-order valence-electron chi connectivity index (χ3n) is 6.66. The Morgan fingerprint density at radius 2 is 2.00 bits per heavy atom. The number of aryl methyl sites for hydroxylation is 2. The Labute approximate surface area is 205 Å². The lowest BCUT2D eigenvalue weighted by atomic mass is 9.85. The molecule has 3 aromatic rings. The smallest absolute Gasteiger partial charge is 0.253 e. The van der Waals surface area contributed by atoms with Crippen molar-refractivity contribution in [1.29, 1.82) is 0 Å². The molecule has 0 bridgehead atoms. The van der Waals surface area contributed by atoms with E-state index in [1.807, 2.05) is 24.3 Å². The van der Waals surface area contributed by atoms with Crippen molar-refractivity contribution in [1.82, 2.24) is 14.5 Å². The number of anilines is 3. The van der Waals surface area contributed by atoms with Gasteiger partial charge in [0.2, 0.25) is 5.95 Å². The maximum atomic E-state index is 12.7. The summed E-state index contributed by atoms with van der Waals surface area (Å²) in [7, 11) is 1.76. The summed E-state index contributed by atoms with van der Waals surface area (Å²) in [5, 5.41) is 4.68. The largest absolute Gasteiger partial charge is 0.341 e. The average Bonchev–Trinajstić information content (AvgIpc) is 2.97. The number of benzene rings is 1. The molecular formula is C26H32ClN5O2. The first-order valence-corrected chi connectivity index (χ1v) is 12.2. The number of nitrogens with zero attached hydrogens (tertiary/aromatic N) is 4. The van der Waals surface area contributed by atoms with Gasteiger partial charge in [-0.15, -0.1) is 0 Å².